The Bertz CT molecular complexity index is 243. The second kappa shape index (κ2) is 5.14. The van der Waals surface area contributed by atoms with Gasteiger partial charge in [0, 0.05) is 11.5 Å². The van der Waals surface area contributed by atoms with Crippen molar-refractivity contribution in [1.82, 2.24) is 4.90 Å². The summed E-state index contributed by atoms with van der Waals surface area (Å²) in [7, 11) is 0. The summed E-state index contributed by atoms with van der Waals surface area (Å²) < 4.78 is 0. The summed E-state index contributed by atoms with van der Waals surface area (Å²) in [5.41, 5.74) is -0.529. The van der Waals surface area contributed by atoms with E-state index in [-0.39, 0.29) is 18.5 Å². The van der Waals surface area contributed by atoms with Crippen molar-refractivity contribution < 1.29 is 14.7 Å². The Morgan fingerprint density at radius 2 is 1.80 bits per heavy atom. The average Bonchev–Trinajstić information content (AvgIpc) is 2.10. The summed E-state index contributed by atoms with van der Waals surface area (Å²) >= 11 is 0. The largest absolute Gasteiger partial charge is 0.480 e. The predicted octanol–water partition coefficient (Wildman–Crippen LogP) is 1.74. The summed E-state index contributed by atoms with van der Waals surface area (Å²) in [6, 6.07) is -0.0344. The molecule has 1 N–H and O–H groups in total. The first-order valence-electron chi connectivity index (χ1n) is 5.23. The third-order valence-corrected chi connectivity index (χ3v) is 2.33. The minimum Gasteiger partial charge on any atom is -0.480 e. The van der Waals surface area contributed by atoms with Crippen molar-refractivity contribution in [3.05, 3.63) is 0 Å². The monoisotopic (exact) mass is 215 g/mol. The highest BCUT2D eigenvalue weighted by Gasteiger charge is 2.30. The molecule has 0 aromatic rings. The molecule has 0 rings (SSSR count). The van der Waals surface area contributed by atoms with Crippen molar-refractivity contribution in [3.63, 3.8) is 0 Å². The Kier molecular flexibility index (Phi) is 4.78. The minimum absolute atomic E-state index is 0.0344. The van der Waals surface area contributed by atoms with Crippen LogP contribution in [-0.4, -0.2) is 34.5 Å². The van der Waals surface area contributed by atoms with Crippen LogP contribution >= 0.6 is 0 Å². The molecule has 0 saturated heterocycles. The van der Waals surface area contributed by atoms with Crippen molar-refractivity contribution in [2.45, 2.75) is 47.1 Å². The lowest BCUT2D eigenvalue weighted by Gasteiger charge is -2.32. The molecule has 0 spiro atoms. The lowest BCUT2D eigenvalue weighted by molar-refractivity contribution is -0.150. The number of carbonyl (C=O) groups is 2. The first-order chi connectivity index (χ1) is 6.70. The van der Waals surface area contributed by atoms with Gasteiger partial charge in [0.05, 0.1) is 0 Å². The third-order valence-electron chi connectivity index (χ3n) is 2.33. The number of aliphatic carboxylic acids is 1. The molecular formula is C11H21NO3. The molecule has 0 aliphatic carbocycles. The van der Waals surface area contributed by atoms with Crippen LogP contribution in [0.5, 0.6) is 0 Å². The maximum absolute atomic E-state index is 12.0. The number of hydrogen-bond acceptors (Lipinski definition) is 2. The maximum Gasteiger partial charge on any atom is 0.323 e. The molecule has 0 aliphatic heterocycles. The average molecular weight is 215 g/mol. The van der Waals surface area contributed by atoms with Gasteiger partial charge in [0.1, 0.15) is 6.54 Å². The van der Waals surface area contributed by atoms with Gasteiger partial charge in [0.15, 0.2) is 0 Å². The van der Waals surface area contributed by atoms with Gasteiger partial charge in [-0.15, -0.1) is 0 Å². The highest BCUT2D eigenvalue weighted by molar-refractivity contribution is 5.85. The van der Waals surface area contributed by atoms with E-state index in [1.54, 1.807) is 20.8 Å². The zero-order chi connectivity index (χ0) is 12.2. The topological polar surface area (TPSA) is 57.6 Å². The smallest absolute Gasteiger partial charge is 0.323 e. The quantitative estimate of drug-likeness (QED) is 0.777. The number of carboxylic acid groups (broad SMARTS) is 1. The number of carboxylic acids is 1. The van der Waals surface area contributed by atoms with Gasteiger partial charge in [-0.05, 0) is 13.3 Å². The van der Waals surface area contributed by atoms with Gasteiger partial charge in [-0.1, -0.05) is 27.7 Å². The van der Waals surface area contributed by atoms with Crippen molar-refractivity contribution in [2.75, 3.05) is 6.54 Å². The van der Waals surface area contributed by atoms with E-state index in [9.17, 15) is 9.59 Å². The van der Waals surface area contributed by atoms with Crippen LogP contribution in [-0.2, 0) is 9.59 Å². The van der Waals surface area contributed by atoms with Crippen molar-refractivity contribution in [3.8, 4) is 0 Å². The van der Waals surface area contributed by atoms with Crippen LogP contribution in [0, 0.1) is 5.41 Å². The molecule has 0 radical (unpaired) electrons. The normalized spacial score (nSPS) is 13.4. The van der Waals surface area contributed by atoms with Gasteiger partial charge in [-0.3, -0.25) is 9.59 Å². The van der Waals surface area contributed by atoms with Gasteiger partial charge in [-0.25, -0.2) is 0 Å². The summed E-state index contributed by atoms with van der Waals surface area (Å²) in [5, 5.41) is 8.75. The molecule has 0 aromatic carbocycles. The molecule has 4 nitrogen and oxygen atoms in total. The number of rotatable bonds is 4. The summed E-state index contributed by atoms with van der Waals surface area (Å²) in [6.45, 7) is 8.98. The Morgan fingerprint density at radius 1 is 1.33 bits per heavy atom. The van der Waals surface area contributed by atoms with Crippen molar-refractivity contribution >= 4 is 11.9 Å². The fraction of sp³-hybridized carbons (Fsp3) is 0.818. The van der Waals surface area contributed by atoms with E-state index in [1.807, 2.05) is 13.8 Å². The number of nitrogens with zero attached hydrogens (tertiary/aromatic N) is 1. The Balaban J connectivity index is 4.78. The SMILES string of the molecule is CCC(C)N(CC(=O)O)C(=O)C(C)(C)C. The molecule has 1 unspecified atom stereocenters. The predicted molar refractivity (Wildman–Crippen MR) is 58.6 cm³/mol. The maximum atomic E-state index is 12.0. The third kappa shape index (κ3) is 4.32. The van der Waals surface area contributed by atoms with Crippen LogP contribution in [0.4, 0.5) is 0 Å². The van der Waals surface area contributed by atoms with E-state index in [0.29, 0.717) is 0 Å². The molecule has 1 amide bonds. The standard InChI is InChI=1S/C11H21NO3/c1-6-8(2)12(7-9(13)14)10(15)11(3,4)5/h8H,6-7H2,1-5H3,(H,13,14). The van der Waals surface area contributed by atoms with Crippen LogP contribution in [0.3, 0.4) is 0 Å². The van der Waals surface area contributed by atoms with Crippen LogP contribution in [0.2, 0.25) is 0 Å². The van der Waals surface area contributed by atoms with Crippen LogP contribution in [0.15, 0.2) is 0 Å². The van der Waals surface area contributed by atoms with Crippen LogP contribution < -0.4 is 0 Å². The molecule has 15 heavy (non-hydrogen) atoms. The highest BCUT2D eigenvalue weighted by atomic mass is 16.4. The van der Waals surface area contributed by atoms with Gasteiger partial charge in [-0.2, -0.15) is 0 Å². The Labute approximate surface area is 91.3 Å². The van der Waals surface area contributed by atoms with Gasteiger partial charge in [0.25, 0.3) is 0 Å². The van der Waals surface area contributed by atoms with Gasteiger partial charge < -0.3 is 10.0 Å². The molecule has 0 bridgehead atoms. The molecule has 0 aliphatic rings. The molecule has 1 atom stereocenters. The fourth-order valence-corrected chi connectivity index (χ4v) is 1.22. The lowest BCUT2D eigenvalue weighted by atomic mass is 9.93. The number of amides is 1. The zero-order valence-corrected chi connectivity index (χ0v) is 10.2. The molecule has 0 heterocycles. The van der Waals surface area contributed by atoms with E-state index in [1.165, 1.54) is 4.90 Å². The molecule has 0 saturated carbocycles. The minimum atomic E-state index is -0.965. The van der Waals surface area contributed by atoms with Crippen LogP contribution in [0.1, 0.15) is 41.0 Å². The Hall–Kier alpha value is -1.06. The lowest BCUT2D eigenvalue weighted by Crippen LogP contribution is -2.47. The van der Waals surface area contributed by atoms with E-state index in [2.05, 4.69) is 0 Å². The second-order valence-corrected chi connectivity index (χ2v) is 4.83. The molecular weight excluding hydrogens is 194 g/mol. The van der Waals surface area contributed by atoms with Crippen LogP contribution in [0.25, 0.3) is 0 Å². The number of carbonyl (C=O) groups excluding carboxylic acids is 1. The number of hydrogen-bond donors (Lipinski definition) is 1. The molecule has 0 fully saturated rings. The molecule has 88 valence electrons. The van der Waals surface area contributed by atoms with E-state index in [4.69, 9.17) is 5.11 Å². The second-order valence-electron chi connectivity index (χ2n) is 4.83. The first-order valence-corrected chi connectivity index (χ1v) is 5.23. The summed E-state index contributed by atoms with van der Waals surface area (Å²) in [4.78, 5) is 24.1. The first kappa shape index (κ1) is 13.9. The van der Waals surface area contributed by atoms with E-state index < -0.39 is 11.4 Å². The fourth-order valence-electron chi connectivity index (χ4n) is 1.22. The summed E-state index contributed by atoms with van der Waals surface area (Å²) in [6.07, 6.45) is 0.759. The Morgan fingerprint density at radius 3 is 2.07 bits per heavy atom. The molecule has 0 aromatic heterocycles. The van der Waals surface area contributed by atoms with E-state index in [0.717, 1.165) is 6.42 Å². The summed E-state index contributed by atoms with van der Waals surface area (Å²) in [5.74, 6) is -1.08. The van der Waals surface area contributed by atoms with E-state index >= 15 is 0 Å². The zero-order valence-electron chi connectivity index (χ0n) is 10.2. The van der Waals surface area contributed by atoms with Crippen molar-refractivity contribution in [1.29, 1.82) is 0 Å². The molecule has 4 heteroatoms. The highest BCUT2D eigenvalue weighted by Crippen LogP contribution is 2.19. The van der Waals surface area contributed by atoms with Gasteiger partial charge in [0.2, 0.25) is 5.91 Å². The van der Waals surface area contributed by atoms with Gasteiger partial charge >= 0.3 is 5.97 Å². The van der Waals surface area contributed by atoms with Crippen molar-refractivity contribution in [2.24, 2.45) is 5.41 Å².